The number of nitrogens with zero attached hydrogens (tertiary/aromatic N) is 1. The Morgan fingerprint density at radius 3 is 2.61 bits per heavy atom. The summed E-state index contributed by atoms with van der Waals surface area (Å²) < 4.78 is 26.0. The smallest absolute Gasteiger partial charge is 0.325 e. The van der Waals surface area contributed by atoms with E-state index in [0.717, 1.165) is 6.42 Å². The van der Waals surface area contributed by atoms with Gasteiger partial charge in [0.15, 0.2) is 5.25 Å². The summed E-state index contributed by atoms with van der Waals surface area (Å²) in [4.78, 5) is 11.5. The van der Waals surface area contributed by atoms with Gasteiger partial charge >= 0.3 is 5.97 Å². The molecule has 0 aromatic rings. The molecule has 0 aromatic carbocycles. The zero-order valence-electron chi connectivity index (χ0n) is 10.5. The van der Waals surface area contributed by atoms with Crippen molar-refractivity contribution in [2.45, 2.75) is 50.3 Å². The molecule has 1 aliphatic carbocycles. The second-order valence-corrected chi connectivity index (χ2v) is 6.84. The number of carboxylic acid groups (broad SMARTS) is 1. The first-order chi connectivity index (χ1) is 8.26. The highest BCUT2D eigenvalue weighted by Crippen LogP contribution is 2.34. The van der Waals surface area contributed by atoms with Gasteiger partial charge in [0.1, 0.15) is 5.54 Å². The zero-order valence-corrected chi connectivity index (χ0v) is 11.3. The van der Waals surface area contributed by atoms with Gasteiger partial charge in [-0.25, -0.2) is 8.42 Å². The summed E-state index contributed by atoms with van der Waals surface area (Å²) in [5, 5.41) is 16.8. The van der Waals surface area contributed by atoms with Gasteiger partial charge in [-0.1, -0.05) is 19.8 Å². The van der Waals surface area contributed by atoms with Crippen LogP contribution >= 0.6 is 0 Å². The van der Waals surface area contributed by atoms with Crippen LogP contribution in [0.2, 0.25) is 0 Å². The minimum atomic E-state index is -3.94. The molecule has 0 heterocycles. The fourth-order valence-electron chi connectivity index (χ4n) is 2.27. The maximum atomic E-state index is 11.9. The van der Waals surface area contributed by atoms with Crippen LogP contribution in [0.3, 0.4) is 0 Å². The van der Waals surface area contributed by atoms with Gasteiger partial charge in [0.2, 0.25) is 10.0 Å². The third kappa shape index (κ3) is 2.65. The van der Waals surface area contributed by atoms with Crippen LogP contribution in [0.1, 0.15) is 39.5 Å². The molecule has 3 unspecified atom stereocenters. The van der Waals surface area contributed by atoms with Gasteiger partial charge in [-0.05, 0) is 25.7 Å². The van der Waals surface area contributed by atoms with E-state index in [1.54, 1.807) is 13.0 Å². The Kier molecular flexibility index (Phi) is 4.35. The van der Waals surface area contributed by atoms with Crippen LogP contribution < -0.4 is 4.72 Å². The molecule has 102 valence electrons. The molecule has 18 heavy (non-hydrogen) atoms. The van der Waals surface area contributed by atoms with Crippen molar-refractivity contribution >= 4 is 16.0 Å². The molecule has 0 saturated heterocycles. The highest BCUT2D eigenvalue weighted by Gasteiger charge is 2.48. The molecule has 0 spiro atoms. The third-order valence-electron chi connectivity index (χ3n) is 3.65. The molecule has 1 saturated carbocycles. The van der Waals surface area contributed by atoms with Gasteiger partial charge in [0, 0.05) is 0 Å². The summed E-state index contributed by atoms with van der Waals surface area (Å²) in [6, 6.07) is 1.62. The summed E-state index contributed by atoms with van der Waals surface area (Å²) in [5.74, 6) is -1.45. The van der Waals surface area contributed by atoms with Crippen molar-refractivity contribution in [3.05, 3.63) is 0 Å². The van der Waals surface area contributed by atoms with E-state index in [0.29, 0.717) is 12.8 Å². The number of hydrogen-bond acceptors (Lipinski definition) is 4. The lowest BCUT2D eigenvalue weighted by Crippen LogP contribution is -2.61. The quantitative estimate of drug-likeness (QED) is 0.790. The first-order valence-electron chi connectivity index (χ1n) is 5.92. The Hall–Kier alpha value is -1.13. The van der Waals surface area contributed by atoms with Crippen molar-refractivity contribution in [1.29, 1.82) is 5.26 Å². The fourth-order valence-corrected chi connectivity index (χ4v) is 3.49. The van der Waals surface area contributed by atoms with Crippen molar-refractivity contribution in [3.8, 4) is 6.07 Å². The van der Waals surface area contributed by atoms with Crippen LogP contribution in [0.4, 0.5) is 0 Å². The number of nitriles is 1. The van der Waals surface area contributed by atoms with Crippen molar-refractivity contribution in [1.82, 2.24) is 4.72 Å². The standard InChI is InChI=1S/C11H18N2O4S/c1-8-5-3-4-6-11(8,10(14)15)13-18(16,17)9(2)7-12/h8-9,13H,3-6H2,1-2H3,(H,14,15). The van der Waals surface area contributed by atoms with Gasteiger partial charge in [0.25, 0.3) is 0 Å². The van der Waals surface area contributed by atoms with Crippen LogP contribution in [0.25, 0.3) is 0 Å². The van der Waals surface area contributed by atoms with Gasteiger partial charge < -0.3 is 5.11 Å². The predicted molar refractivity (Wildman–Crippen MR) is 65.1 cm³/mol. The molecular formula is C11H18N2O4S. The lowest BCUT2D eigenvalue weighted by Gasteiger charge is -2.39. The summed E-state index contributed by atoms with van der Waals surface area (Å²) in [6.45, 7) is 2.97. The van der Waals surface area contributed by atoms with E-state index < -0.39 is 26.8 Å². The Bertz CT molecular complexity index is 468. The third-order valence-corrected chi connectivity index (χ3v) is 5.34. The Balaban J connectivity index is 3.09. The molecule has 1 fully saturated rings. The molecule has 0 bridgehead atoms. The second kappa shape index (κ2) is 5.24. The largest absolute Gasteiger partial charge is 0.480 e. The van der Waals surface area contributed by atoms with E-state index in [2.05, 4.69) is 4.72 Å². The van der Waals surface area contributed by atoms with Crippen molar-refractivity contribution in [3.63, 3.8) is 0 Å². The number of carbonyl (C=O) groups is 1. The van der Waals surface area contributed by atoms with Crippen LogP contribution in [0.5, 0.6) is 0 Å². The van der Waals surface area contributed by atoms with Gasteiger partial charge in [-0.2, -0.15) is 9.98 Å². The highest BCUT2D eigenvalue weighted by atomic mass is 32.2. The average molecular weight is 274 g/mol. The van der Waals surface area contributed by atoms with Gasteiger partial charge in [-0.15, -0.1) is 0 Å². The minimum Gasteiger partial charge on any atom is -0.480 e. The molecule has 0 aromatic heterocycles. The molecule has 2 N–H and O–H groups in total. The number of hydrogen-bond donors (Lipinski definition) is 2. The highest BCUT2D eigenvalue weighted by molar-refractivity contribution is 7.90. The van der Waals surface area contributed by atoms with E-state index >= 15 is 0 Å². The van der Waals surface area contributed by atoms with Gasteiger partial charge in [0.05, 0.1) is 6.07 Å². The lowest BCUT2D eigenvalue weighted by atomic mass is 9.74. The van der Waals surface area contributed by atoms with Crippen molar-refractivity contribution < 1.29 is 18.3 Å². The second-order valence-electron chi connectivity index (χ2n) is 4.84. The monoisotopic (exact) mass is 274 g/mol. The van der Waals surface area contributed by atoms with Crippen LogP contribution in [-0.2, 0) is 14.8 Å². The SMILES string of the molecule is CC1CCCCC1(NS(=O)(=O)C(C)C#N)C(=O)O. The summed E-state index contributed by atoms with van der Waals surface area (Å²) >= 11 is 0. The maximum Gasteiger partial charge on any atom is 0.325 e. The number of aliphatic carboxylic acids is 1. The molecule has 1 rings (SSSR count). The van der Waals surface area contributed by atoms with Crippen LogP contribution in [0.15, 0.2) is 0 Å². The van der Waals surface area contributed by atoms with Crippen molar-refractivity contribution in [2.75, 3.05) is 0 Å². The molecule has 0 amide bonds. The fraction of sp³-hybridized carbons (Fsp3) is 0.818. The van der Waals surface area contributed by atoms with Gasteiger partial charge in [-0.3, -0.25) is 4.79 Å². The topological polar surface area (TPSA) is 107 Å². The van der Waals surface area contributed by atoms with E-state index in [1.807, 2.05) is 0 Å². The Morgan fingerprint density at radius 2 is 2.17 bits per heavy atom. The molecule has 7 heteroatoms. The first kappa shape index (κ1) is 14.9. The predicted octanol–water partition coefficient (Wildman–Crippen LogP) is 0.851. The number of sulfonamides is 1. The average Bonchev–Trinajstić information content (AvgIpc) is 2.30. The molecule has 0 radical (unpaired) electrons. The van der Waals surface area contributed by atoms with E-state index in [9.17, 15) is 18.3 Å². The summed E-state index contributed by atoms with van der Waals surface area (Å²) in [7, 11) is -3.94. The minimum absolute atomic E-state index is 0.265. The molecule has 3 atom stereocenters. The lowest BCUT2D eigenvalue weighted by molar-refractivity contribution is -0.147. The maximum absolute atomic E-state index is 11.9. The first-order valence-corrected chi connectivity index (χ1v) is 7.46. The van der Waals surface area contributed by atoms with Crippen LogP contribution in [0, 0.1) is 17.2 Å². The number of carboxylic acids is 1. The van der Waals surface area contributed by atoms with E-state index in [4.69, 9.17) is 5.26 Å². The van der Waals surface area contributed by atoms with Crippen LogP contribution in [-0.4, -0.2) is 30.3 Å². The summed E-state index contributed by atoms with van der Waals surface area (Å²) in [6.07, 6.45) is 2.49. The normalized spacial score (nSPS) is 30.4. The number of rotatable bonds is 4. The van der Waals surface area contributed by atoms with Crippen molar-refractivity contribution in [2.24, 2.45) is 5.92 Å². The molecule has 6 nitrogen and oxygen atoms in total. The van der Waals surface area contributed by atoms with E-state index in [1.165, 1.54) is 6.92 Å². The number of nitrogens with one attached hydrogen (secondary N) is 1. The molecule has 0 aliphatic heterocycles. The Morgan fingerprint density at radius 1 is 1.56 bits per heavy atom. The molecule has 1 aliphatic rings. The summed E-state index contributed by atoms with van der Waals surface area (Å²) in [5.41, 5.74) is -1.47. The molecular weight excluding hydrogens is 256 g/mol. The zero-order chi connectivity index (χ0) is 14.0. The van der Waals surface area contributed by atoms with E-state index in [-0.39, 0.29) is 12.3 Å². The Labute approximate surface area is 107 Å².